The summed E-state index contributed by atoms with van der Waals surface area (Å²) in [6.45, 7) is 10.4. The molecule has 7 heteroatoms. The molecule has 1 aliphatic carbocycles. The molecular formula is C28H29ClN2O3S. The predicted octanol–water partition coefficient (Wildman–Crippen LogP) is 8.00. The summed E-state index contributed by atoms with van der Waals surface area (Å²) in [7, 11) is 0. The highest BCUT2D eigenvalue weighted by atomic mass is 35.5. The first-order chi connectivity index (χ1) is 16.6. The van der Waals surface area contributed by atoms with E-state index in [1.807, 2.05) is 0 Å². The van der Waals surface area contributed by atoms with Gasteiger partial charge in [0.2, 0.25) is 0 Å². The van der Waals surface area contributed by atoms with Crippen LogP contribution >= 0.6 is 22.9 Å². The quantitative estimate of drug-likeness (QED) is 0.258. The second kappa shape index (κ2) is 10.0. The Balaban J connectivity index is 1.61. The number of esters is 1. The van der Waals surface area contributed by atoms with Crippen molar-refractivity contribution in [2.45, 2.75) is 60.0 Å². The van der Waals surface area contributed by atoms with E-state index in [-0.39, 0.29) is 11.5 Å². The number of halogens is 1. The molecule has 2 heterocycles. The monoisotopic (exact) mass is 508 g/mol. The molecule has 3 aromatic rings. The first-order valence-electron chi connectivity index (χ1n) is 11.8. The number of hydrogen-bond acceptors (Lipinski definition) is 6. The lowest BCUT2D eigenvalue weighted by Crippen LogP contribution is -2.26. The molecular weight excluding hydrogens is 480 g/mol. The van der Waals surface area contributed by atoms with Crippen LogP contribution in [0.15, 0.2) is 39.7 Å². The molecule has 0 unspecified atom stereocenters. The van der Waals surface area contributed by atoms with Crippen molar-refractivity contribution in [3.05, 3.63) is 62.7 Å². The number of fused-ring (bicyclic) bond motifs is 1. The van der Waals surface area contributed by atoms with Crippen LogP contribution in [0.1, 0.15) is 73.2 Å². The van der Waals surface area contributed by atoms with Crippen molar-refractivity contribution in [2.24, 2.45) is 16.3 Å². The van der Waals surface area contributed by atoms with E-state index in [9.17, 15) is 10.1 Å². The minimum atomic E-state index is -0.435. The third-order valence-corrected chi connectivity index (χ3v) is 7.73. The third-order valence-electron chi connectivity index (χ3n) is 6.33. The zero-order chi connectivity index (χ0) is 25.3. The van der Waals surface area contributed by atoms with Crippen molar-refractivity contribution in [1.82, 2.24) is 0 Å². The number of thiophene rings is 1. The number of carbonyl (C=O) groups is 1. The molecule has 1 atom stereocenters. The maximum absolute atomic E-state index is 12.6. The minimum Gasteiger partial charge on any atom is -0.459 e. The van der Waals surface area contributed by atoms with Gasteiger partial charge in [-0.2, -0.15) is 5.26 Å². The average molecular weight is 509 g/mol. The van der Waals surface area contributed by atoms with Gasteiger partial charge in [-0.1, -0.05) is 32.4 Å². The number of aliphatic imine (C=N–C) groups is 1. The molecule has 0 saturated heterocycles. The normalized spacial score (nSPS) is 15.9. The van der Waals surface area contributed by atoms with Crippen molar-refractivity contribution >= 4 is 40.1 Å². The summed E-state index contributed by atoms with van der Waals surface area (Å²) in [4.78, 5) is 18.5. The van der Waals surface area contributed by atoms with Gasteiger partial charge in [-0.3, -0.25) is 0 Å². The van der Waals surface area contributed by atoms with E-state index in [4.69, 9.17) is 20.8 Å². The summed E-state index contributed by atoms with van der Waals surface area (Å²) < 4.78 is 11.4. The van der Waals surface area contributed by atoms with Crippen LogP contribution in [0.25, 0.3) is 11.3 Å². The predicted molar refractivity (Wildman–Crippen MR) is 141 cm³/mol. The number of carbonyl (C=O) groups excluding carboxylic acids is 1. The van der Waals surface area contributed by atoms with Gasteiger partial charge in [0, 0.05) is 15.5 Å². The second-order valence-electron chi connectivity index (χ2n) is 10.2. The molecule has 0 saturated carbocycles. The zero-order valence-electron chi connectivity index (χ0n) is 20.6. The van der Waals surface area contributed by atoms with E-state index < -0.39 is 5.97 Å². The summed E-state index contributed by atoms with van der Waals surface area (Å²) in [6.07, 6.45) is 4.38. The van der Waals surface area contributed by atoms with Gasteiger partial charge in [-0.15, -0.1) is 11.3 Å². The first kappa shape index (κ1) is 25.2. The number of nitrogens with zero attached hydrogens (tertiary/aromatic N) is 2. The van der Waals surface area contributed by atoms with Crippen molar-refractivity contribution in [2.75, 3.05) is 0 Å². The van der Waals surface area contributed by atoms with Gasteiger partial charge in [0.15, 0.2) is 0 Å². The molecule has 35 heavy (non-hydrogen) atoms. The SMILES string of the molecule is CC(C)OC(=O)c1ccc(Cl)cc1-c1ccc(C=Nc2sc3c(c2C#N)CC[C@H](C(C)(C)C)C3)o1. The maximum atomic E-state index is 12.6. The average Bonchev–Trinajstić information content (AvgIpc) is 3.40. The Morgan fingerprint density at radius 2 is 2.09 bits per heavy atom. The molecule has 4 rings (SSSR count). The lowest BCUT2D eigenvalue weighted by Gasteiger charge is -2.33. The molecule has 0 fully saturated rings. The molecule has 0 spiro atoms. The Morgan fingerprint density at radius 3 is 2.77 bits per heavy atom. The van der Waals surface area contributed by atoms with Crippen LogP contribution in [0.2, 0.25) is 5.02 Å². The molecule has 0 aliphatic heterocycles. The maximum Gasteiger partial charge on any atom is 0.339 e. The van der Waals surface area contributed by atoms with Gasteiger partial charge in [-0.25, -0.2) is 9.79 Å². The highest BCUT2D eigenvalue weighted by Crippen LogP contribution is 2.45. The van der Waals surface area contributed by atoms with Crippen molar-refractivity contribution < 1.29 is 13.9 Å². The molecule has 0 bridgehead atoms. The van der Waals surface area contributed by atoms with E-state index in [0.29, 0.717) is 44.2 Å². The fraction of sp³-hybridized carbons (Fsp3) is 0.393. The smallest absolute Gasteiger partial charge is 0.339 e. The molecule has 182 valence electrons. The van der Waals surface area contributed by atoms with Gasteiger partial charge in [0.1, 0.15) is 22.6 Å². The van der Waals surface area contributed by atoms with E-state index in [0.717, 1.165) is 24.8 Å². The van der Waals surface area contributed by atoms with Crippen LogP contribution < -0.4 is 0 Å². The number of furan rings is 1. The fourth-order valence-corrected chi connectivity index (χ4v) is 5.78. The Morgan fingerprint density at radius 1 is 1.31 bits per heavy atom. The van der Waals surface area contributed by atoms with E-state index in [1.54, 1.807) is 61.7 Å². The highest BCUT2D eigenvalue weighted by molar-refractivity contribution is 7.16. The Kier molecular flexibility index (Phi) is 7.21. The Bertz CT molecular complexity index is 1320. The number of rotatable bonds is 5. The number of benzene rings is 1. The van der Waals surface area contributed by atoms with Gasteiger partial charge in [-0.05, 0) is 80.3 Å². The van der Waals surface area contributed by atoms with Crippen LogP contribution in [0.5, 0.6) is 0 Å². The summed E-state index contributed by atoms with van der Waals surface area (Å²) in [5.41, 5.74) is 3.00. The van der Waals surface area contributed by atoms with E-state index in [1.165, 1.54) is 4.88 Å². The van der Waals surface area contributed by atoms with Gasteiger partial charge in [0.05, 0.1) is 23.4 Å². The Labute approximate surface area is 215 Å². The molecule has 0 amide bonds. The third kappa shape index (κ3) is 5.52. The standard InChI is InChI=1S/C28H29ClN2O3S/c1-16(2)33-27(32)21-10-7-18(29)13-22(21)24-11-8-19(34-24)15-31-26-23(14-30)20-9-6-17(28(3,4)5)12-25(20)35-26/h7-8,10-11,13,15-17H,6,9,12H2,1-5H3/t17-/m0/s1. The molecule has 0 radical (unpaired) electrons. The summed E-state index contributed by atoms with van der Waals surface area (Å²) in [5.74, 6) is 1.17. The van der Waals surface area contributed by atoms with Crippen LogP contribution in [0.4, 0.5) is 5.00 Å². The lowest BCUT2D eigenvalue weighted by atomic mass is 9.72. The largest absolute Gasteiger partial charge is 0.459 e. The fourth-order valence-electron chi connectivity index (χ4n) is 4.38. The van der Waals surface area contributed by atoms with Gasteiger partial charge < -0.3 is 9.15 Å². The molecule has 1 aromatic carbocycles. The van der Waals surface area contributed by atoms with Crippen LogP contribution in [-0.4, -0.2) is 18.3 Å². The summed E-state index contributed by atoms with van der Waals surface area (Å²) in [6, 6.07) is 10.9. The number of nitriles is 1. The van der Waals surface area contributed by atoms with E-state index in [2.05, 4.69) is 31.8 Å². The molecule has 5 nitrogen and oxygen atoms in total. The lowest BCUT2D eigenvalue weighted by molar-refractivity contribution is 0.0378. The van der Waals surface area contributed by atoms with Gasteiger partial charge >= 0.3 is 5.97 Å². The van der Waals surface area contributed by atoms with Gasteiger partial charge in [0.25, 0.3) is 0 Å². The molecule has 0 N–H and O–H groups in total. The molecule has 2 aromatic heterocycles. The van der Waals surface area contributed by atoms with Crippen molar-refractivity contribution in [1.29, 1.82) is 5.26 Å². The van der Waals surface area contributed by atoms with Crippen LogP contribution in [0, 0.1) is 22.7 Å². The zero-order valence-corrected chi connectivity index (χ0v) is 22.2. The van der Waals surface area contributed by atoms with Crippen LogP contribution in [0.3, 0.4) is 0 Å². The molecule has 1 aliphatic rings. The summed E-state index contributed by atoms with van der Waals surface area (Å²) >= 11 is 7.80. The Hall–Kier alpha value is -2.88. The first-order valence-corrected chi connectivity index (χ1v) is 13.0. The highest BCUT2D eigenvalue weighted by Gasteiger charge is 2.32. The van der Waals surface area contributed by atoms with E-state index >= 15 is 0 Å². The minimum absolute atomic E-state index is 0.239. The number of ether oxygens (including phenoxy) is 1. The second-order valence-corrected chi connectivity index (χ2v) is 11.7. The number of hydrogen-bond donors (Lipinski definition) is 0. The van der Waals surface area contributed by atoms with Crippen molar-refractivity contribution in [3.8, 4) is 17.4 Å². The topological polar surface area (TPSA) is 75.6 Å². The van der Waals surface area contributed by atoms with Crippen LogP contribution in [-0.2, 0) is 17.6 Å². The van der Waals surface area contributed by atoms with Crippen molar-refractivity contribution in [3.63, 3.8) is 0 Å². The summed E-state index contributed by atoms with van der Waals surface area (Å²) in [5, 5.41) is 11.0.